The largest absolute Gasteiger partial charge is 0.392 e. The highest BCUT2D eigenvalue weighted by molar-refractivity contribution is 7.80. The third-order valence-corrected chi connectivity index (χ3v) is 3.10. The fourth-order valence-electron chi connectivity index (χ4n) is 1.99. The Labute approximate surface area is 94.3 Å². The van der Waals surface area contributed by atoms with Crippen LogP contribution < -0.4 is 5.73 Å². The van der Waals surface area contributed by atoms with Crippen LogP contribution in [0.2, 0.25) is 0 Å². The van der Waals surface area contributed by atoms with Crippen LogP contribution in [0.5, 0.6) is 0 Å². The molecule has 0 fully saturated rings. The first-order valence-electron chi connectivity index (χ1n) is 5.12. The number of fused-ring (bicyclic) bond motifs is 1. The van der Waals surface area contributed by atoms with E-state index in [2.05, 4.69) is 26.6 Å². The number of hydrogen-bond acceptors (Lipinski definition) is 4. The van der Waals surface area contributed by atoms with Crippen LogP contribution >= 0.6 is 12.2 Å². The highest BCUT2D eigenvalue weighted by Crippen LogP contribution is 2.14. The van der Waals surface area contributed by atoms with Crippen molar-refractivity contribution in [1.29, 1.82) is 0 Å². The zero-order valence-corrected chi connectivity index (χ0v) is 9.57. The Morgan fingerprint density at radius 3 is 3.13 bits per heavy atom. The molecule has 2 rings (SSSR count). The summed E-state index contributed by atoms with van der Waals surface area (Å²) in [5.41, 5.74) is 5.72. The lowest BCUT2D eigenvalue weighted by atomic mass is 10.1. The number of nitrogens with zero attached hydrogens (tertiary/aromatic N) is 4. The Bertz CT molecular complexity index is 361. The van der Waals surface area contributed by atoms with Crippen molar-refractivity contribution in [2.75, 3.05) is 6.54 Å². The highest BCUT2D eigenvalue weighted by Gasteiger charge is 2.24. The fraction of sp³-hybridized carbons (Fsp3) is 0.667. The minimum absolute atomic E-state index is 0.186. The first-order chi connectivity index (χ1) is 7.22. The monoisotopic (exact) mass is 225 g/mol. The van der Waals surface area contributed by atoms with Gasteiger partial charge in [-0.3, -0.25) is 4.90 Å². The maximum atomic E-state index is 5.72. The summed E-state index contributed by atoms with van der Waals surface area (Å²) < 4.78 is 2.07. The quantitative estimate of drug-likeness (QED) is 0.742. The van der Waals surface area contributed by atoms with Crippen LogP contribution in [0.1, 0.15) is 19.2 Å². The van der Waals surface area contributed by atoms with Gasteiger partial charge < -0.3 is 10.3 Å². The van der Waals surface area contributed by atoms with Gasteiger partial charge in [-0.15, -0.1) is 10.2 Å². The molecule has 2 heterocycles. The summed E-state index contributed by atoms with van der Waals surface area (Å²) >= 11 is 5.07. The van der Waals surface area contributed by atoms with Crippen molar-refractivity contribution >= 4 is 17.2 Å². The third-order valence-electron chi connectivity index (χ3n) is 2.82. The molecule has 0 aliphatic carbocycles. The van der Waals surface area contributed by atoms with E-state index in [1.165, 1.54) is 0 Å². The van der Waals surface area contributed by atoms with Crippen molar-refractivity contribution in [3.05, 3.63) is 12.2 Å². The van der Waals surface area contributed by atoms with Gasteiger partial charge in [0, 0.05) is 13.1 Å². The topological polar surface area (TPSA) is 60.0 Å². The average molecular weight is 225 g/mol. The molecule has 1 aliphatic rings. The normalized spacial score (nSPS) is 18.5. The molecule has 1 atom stereocenters. The van der Waals surface area contributed by atoms with Crippen LogP contribution in [0.4, 0.5) is 0 Å². The maximum absolute atomic E-state index is 5.72. The minimum atomic E-state index is 0.186. The minimum Gasteiger partial charge on any atom is -0.392 e. The predicted octanol–water partition coefficient (Wildman–Crippen LogP) is 0.158. The highest BCUT2D eigenvalue weighted by atomic mass is 32.1. The second-order valence-corrected chi connectivity index (χ2v) is 4.21. The average Bonchev–Trinajstić information content (AvgIpc) is 2.65. The molecule has 0 saturated carbocycles. The summed E-state index contributed by atoms with van der Waals surface area (Å²) in [6.45, 7) is 4.77. The molecule has 1 aromatic rings. The Kier molecular flexibility index (Phi) is 2.97. The van der Waals surface area contributed by atoms with Crippen molar-refractivity contribution in [2.45, 2.75) is 32.5 Å². The van der Waals surface area contributed by atoms with Crippen LogP contribution in [0.25, 0.3) is 0 Å². The van der Waals surface area contributed by atoms with E-state index in [0.717, 1.165) is 31.9 Å². The van der Waals surface area contributed by atoms with Crippen molar-refractivity contribution in [2.24, 2.45) is 5.73 Å². The molecule has 0 radical (unpaired) electrons. The van der Waals surface area contributed by atoms with E-state index >= 15 is 0 Å². The zero-order valence-electron chi connectivity index (χ0n) is 8.76. The van der Waals surface area contributed by atoms with Gasteiger partial charge in [-0.2, -0.15) is 0 Å². The number of hydrogen-bond donors (Lipinski definition) is 1. The van der Waals surface area contributed by atoms with Crippen molar-refractivity contribution in [3.8, 4) is 0 Å². The molecule has 15 heavy (non-hydrogen) atoms. The summed E-state index contributed by atoms with van der Waals surface area (Å²) in [4.78, 5) is 2.84. The molecular weight excluding hydrogens is 210 g/mol. The number of aromatic nitrogens is 3. The summed E-state index contributed by atoms with van der Waals surface area (Å²) in [7, 11) is 0. The molecule has 0 bridgehead atoms. The van der Waals surface area contributed by atoms with E-state index in [0.29, 0.717) is 4.99 Å². The van der Waals surface area contributed by atoms with Crippen LogP contribution in [-0.4, -0.2) is 37.2 Å². The number of nitrogens with two attached hydrogens (primary N) is 1. The Hall–Kier alpha value is -1.01. The van der Waals surface area contributed by atoms with E-state index in [-0.39, 0.29) is 6.04 Å². The van der Waals surface area contributed by atoms with Gasteiger partial charge in [0.2, 0.25) is 0 Å². The Morgan fingerprint density at radius 2 is 2.47 bits per heavy atom. The van der Waals surface area contributed by atoms with E-state index in [9.17, 15) is 0 Å². The van der Waals surface area contributed by atoms with Gasteiger partial charge >= 0.3 is 0 Å². The number of thiocarbonyl (C=S) groups is 1. The molecule has 0 amide bonds. The zero-order chi connectivity index (χ0) is 10.8. The Balaban J connectivity index is 2.11. The summed E-state index contributed by atoms with van der Waals surface area (Å²) in [5, 5.41) is 7.96. The van der Waals surface area contributed by atoms with Gasteiger partial charge in [0.05, 0.1) is 17.6 Å². The van der Waals surface area contributed by atoms with Crippen molar-refractivity contribution in [1.82, 2.24) is 19.7 Å². The predicted molar refractivity (Wildman–Crippen MR) is 61.3 cm³/mol. The lowest BCUT2D eigenvalue weighted by Crippen LogP contribution is -2.46. The lowest BCUT2D eigenvalue weighted by molar-refractivity contribution is 0.187. The molecule has 0 spiro atoms. The van der Waals surface area contributed by atoms with E-state index in [1.54, 1.807) is 6.33 Å². The SMILES string of the molecule is CCC(C(N)=S)N1CCn2cnnc2C1. The maximum Gasteiger partial charge on any atom is 0.147 e. The molecule has 0 saturated heterocycles. The number of rotatable bonds is 3. The first-order valence-corrected chi connectivity index (χ1v) is 5.53. The van der Waals surface area contributed by atoms with Crippen molar-refractivity contribution in [3.63, 3.8) is 0 Å². The van der Waals surface area contributed by atoms with Crippen LogP contribution in [0, 0.1) is 0 Å². The molecule has 5 nitrogen and oxygen atoms in total. The summed E-state index contributed by atoms with van der Waals surface area (Å²) in [5.74, 6) is 0.996. The van der Waals surface area contributed by atoms with Gasteiger partial charge in [0.1, 0.15) is 12.2 Å². The van der Waals surface area contributed by atoms with E-state index in [4.69, 9.17) is 18.0 Å². The van der Waals surface area contributed by atoms with Gasteiger partial charge in [0.25, 0.3) is 0 Å². The van der Waals surface area contributed by atoms with Crippen LogP contribution in [0.15, 0.2) is 6.33 Å². The van der Waals surface area contributed by atoms with Crippen LogP contribution in [0.3, 0.4) is 0 Å². The summed E-state index contributed by atoms with van der Waals surface area (Å²) in [6, 6.07) is 0.186. The third kappa shape index (κ3) is 2.00. The summed E-state index contributed by atoms with van der Waals surface area (Å²) in [6.07, 6.45) is 2.72. The molecule has 2 N–H and O–H groups in total. The fourth-order valence-corrected chi connectivity index (χ4v) is 2.31. The molecule has 1 unspecified atom stereocenters. The van der Waals surface area contributed by atoms with Gasteiger partial charge in [-0.25, -0.2) is 0 Å². The molecule has 82 valence electrons. The second-order valence-electron chi connectivity index (χ2n) is 3.74. The van der Waals surface area contributed by atoms with Gasteiger partial charge in [-0.05, 0) is 6.42 Å². The molecule has 6 heteroatoms. The first kappa shape index (κ1) is 10.5. The lowest BCUT2D eigenvalue weighted by Gasteiger charge is -2.33. The molecular formula is C9H15N5S. The Morgan fingerprint density at radius 1 is 1.67 bits per heavy atom. The smallest absolute Gasteiger partial charge is 0.147 e. The molecule has 1 aromatic heterocycles. The standard InChI is InChI=1S/C9H15N5S/c1-2-7(9(10)15)13-3-4-14-6-11-12-8(14)5-13/h6-7H,2-5H2,1H3,(H2,10,15). The molecule has 0 aromatic carbocycles. The van der Waals surface area contributed by atoms with E-state index in [1.807, 2.05) is 0 Å². The van der Waals surface area contributed by atoms with Gasteiger partial charge in [-0.1, -0.05) is 19.1 Å². The van der Waals surface area contributed by atoms with E-state index < -0.39 is 0 Å². The van der Waals surface area contributed by atoms with Gasteiger partial charge in [0.15, 0.2) is 0 Å². The molecule has 1 aliphatic heterocycles. The second kappa shape index (κ2) is 4.24. The van der Waals surface area contributed by atoms with Crippen molar-refractivity contribution < 1.29 is 0 Å². The van der Waals surface area contributed by atoms with Crippen LogP contribution in [-0.2, 0) is 13.1 Å².